The summed E-state index contributed by atoms with van der Waals surface area (Å²) in [5, 5.41) is 11.3. The van der Waals surface area contributed by atoms with E-state index in [-0.39, 0.29) is 11.7 Å². The van der Waals surface area contributed by atoms with E-state index in [0.717, 1.165) is 16.8 Å². The van der Waals surface area contributed by atoms with E-state index in [1.165, 1.54) is 11.8 Å². The van der Waals surface area contributed by atoms with Gasteiger partial charge in [0.05, 0.1) is 20.0 Å². The minimum atomic E-state index is -0.138. The molecular weight excluding hydrogens is 378 g/mol. The predicted molar refractivity (Wildman–Crippen MR) is 108 cm³/mol. The smallest absolute Gasteiger partial charge is 0.277 e. The van der Waals surface area contributed by atoms with Gasteiger partial charge < -0.3 is 19.2 Å². The second-order valence-electron chi connectivity index (χ2n) is 6.13. The van der Waals surface area contributed by atoms with Gasteiger partial charge in [0, 0.05) is 17.3 Å². The van der Waals surface area contributed by atoms with Crippen LogP contribution in [-0.4, -0.2) is 36.1 Å². The third kappa shape index (κ3) is 4.83. The molecule has 0 aliphatic rings. The fourth-order valence-electron chi connectivity index (χ4n) is 2.50. The Labute approximate surface area is 167 Å². The van der Waals surface area contributed by atoms with Gasteiger partial charge in [-0.3, -0.25) is 4.79 Å². The van der Waals surface area contributed by atoms with Crippen LogP contribution in [0, 0.1) is 13.8 Å². The van der Waals surface area contributed by atoms with E-state index in [2.05, 4.69) is 15.5 Å². The Morgan fingerprint density at radius 1 is 1.07 bits per heavy atom. The molecule has 146 valence electrons. The molecule has 0 unspecified atom stereocenters. The minimum absolute atomic E-state index is 0.138. The summed E-state index contributed by atoms with van der Waals surface area (Å²) in [6.07, 6.45) is 0. The summed E-state index contributed by atoms with van der Waals surface area (Å²) in [4.78, 5) is 12.2. The highest BCUT2D eigenvalue weighted by Crippen LogP contribution is 2.30. The molecule has 3 aromatic rings. The first-order valence-electron chi connectivity index (χ1n) is 8.55. The molecular formula is C20H21N3O4S. The fourth-order valence-corrected chi connectivity index (χ4v) is 3.06. The van der Waals surface area contributed by atoms with Gasteiger partial charge in [0.15, 0.2) is 0 Å². The SMILES string of the molecule is COc1cc(OC)cc(-c2nnc(SCC(=O)Nc3cc(C)ccc3C)o2)c1. The summed E-state index contributed by atoms with van der Waals surface area (Å²) < 4.78 is 16.2. The largest absolute Gasteiger partial charge is 0.497 e. The van der Waals surface area contributed by atoms with Crippen molar-refractivity contribution >= 4 is 23.4 Å². The number of nitrogens with zero attached hydrogens (tertiary/aromatic N) is 2. The number of aryl methyl sites for hydroxylation is 2. The second kappa shape index (κ2) is 8.79. The number of carbonyl (C=O) groups is 1. The molecule has 1 amide bonds. The molecule has 1 heterocycles. The van der Waals surface area contributed by atoms with Crippen molar-refractivity contribution in [2.45, 2.75) is 19.1 Å². The van der Waals surface area contributed by atoms with Crippen molar-refractivity contribution in [2.75, 3.05) is 25.3 Å². The zero-order valence-electron chi connectivity index (χ0n) is 16.1. The molecule has 3 rings (SSSR count). The summed E-state index contributed by atoms with van der Waals surface area (Å²) in [6.45, 7) is 3.94. The Balaban J connectivity index is 1.65. The van der Waals surface area contributed by atoms with Gasteiger partial charge in [-0.05, 0) is 43.2 Å². The Bertz CT molecular complexity index is 965. The molecule has 0 radical (unpaired) electrons. The van der Waals surface area contributed by atoms with Crippen molar-refractivity contribution in [1.82, 2.24) is 10.2 Å². The Kier molecular flexibility index (Phi) is 6.20. The molecule has 0 saturated carbocycles. The van der Waals surface area contributed by atoms with E-state index in [1.54, 1.807) is 32.4 Å². The number of ether oxygens (including phenoxy) is 2. The highest BCUT2D eigenvalue weighted by Gasteiger charge is 2.14. The van der Waals surface area contributed by atoms with Gasteiger partial charge in [-0.1, -0.05) is 23.9 Å². The van der Waals surface area contributed by atoms with Crippen LogP contribution in [-0.2, 0) is 4.79 Å². The van der Waals surface area contributed by atoms with E-state index in [4.69, 9.17) is 13.9 Å². The van der Waals surface area contributed by atoms with Gasteiger partial charge in [-0.25, -0.2) is 0 Å². The number of methoxy groups -OCH3 is 2. The van der Waals surface area contributed by atoms with E-state index >= 15 is 0 Å². The average Bonchev–Trinajstić information content (AvgIpc) is 3.18. The molecule has 8 heteroatoms. The summed E-state index contributed by atoms with van der Waals surface area (Å²) in [6, 6.07) is 11.2. The zero-order chi connectivity index (χ0) is 20.1. The maximum absolute atomic E-state index is 12.2. The van der Waals surface area contributed by atoms with Crippen LogP contribution in [0.2, 0.25) is 0 Å². The van der Waals surface area contributed by atoms with Gasteiger partial charge in [0.1, 0.15) is 11.5 Å². The number of rotatable bonds is 7. The number of amides is 1. The van der Waals surface area contributed by atoms with Crippen LogP contribution in [0.1, 0.15) is 11.1 Å². The highest BCUT2D eigenvalue weighted by molar-refractivity contribution is 7.99. The summed E-state index contributed by atoms with van der Waals surface area (Å²) in [5.74, 6) is 1.59. The lowest BCUT2D eigenvalue weighted by Gasteiger charge is -2.08. The number of thioether (sulfide) groups is 1. The zero-order valence-corrected chi connectivity index (χ0v) is 16.9. The second-order valence-corrected chi connectivity index (χ2v) is 7.06. The van der Waals surface area contributed by atoms with Gasteiger partial charge in [0.2, 0.25) is 11.8 Å². The van der Waals surface area contributed by atoms with Crippen molar-refractivity contribution in [1.29, 1.82) is 0 Å². The molecule has 7 nitrogen and oxygen atoms in total. The third-order valence-electron chi connectivity index (χ3n) is 4.00. The first-order valence-corrected chi connectivity index (χ1v) is 9.54. The first kappa shape index (κ1) is 19.8. The minimum Gasteiger partial charge on any atom is -0.497 e. The Morgan fingerprint density at radius 3 is 2.46 bits per heavy atom. The van der Waals surface area contributed by atoms with Gasteiger partial charge in [-0.2, -0.15) is 0 Å². The molecule has 0 bridgehead atoms. The van der Waals surface area contributed by atoms with Crippen molar-refractivity contribution in [2.24, 2.45) is 0 Å². The van der Waals surface area contributed by atoms with Crippen molar-refractivity contribution < 1.29 is 18.7 Å². The molecule has 1 aromatic heterocycles. The molecule has 0 fully saturated rings. The number of benzene rings is 2. The van der Waals surface area contributed by atoms with Crippen LogP contribution in [0.5, 0.6) is 11.5 Å². The molecule has 2 aromatic carbocycles. The van der Waals surface area contributed by atoms with Gasteiger partial charge in [-0.15, -0.1) is 10.2 Å². The van der Waals surface area contributed by atoms with Crippen LogP contribution in [0.4, 0.5) is 5.69 Å². The number of hydrogen-bond acceptors (Lipinski definition) is 7. The standard InChI is InChI=1S/C20H21N3O4S/c1-12-5-6-13(2)17(7-12)21-18(24)11-28-20-23-22-19(27-20)14-8-15(25-3)10-16(9-14)26-4/h5-10H,11H2,1-4H3,(H,21,24). The van der Waals surface area contributed by atoms with Crippen molar-refractivity contribution in [3.05, 3.63) is 47.5 Å². The number of aromatic nitrogens is 2. The van der Waals surface area contributed by atoms with E-state index in [9.17, 15) is 4.79 Å². The van der Waals surface area contributed by atoms with Crippen LogP contribution >= 0.6 is 11.8 Å². The Morgan fingerprint density at radius 2 is 1.79 bits per heavy atom. The number of hydrogen-bond donors (Lipinski definition) is 1. The number of anilines is 1. The lowest BCUT2D eigenvalue weighted by molar-refractivity contribution is -0.113. The summed E-state index contributed by atoms with van der Waals surface area (Å²) in [7, 11) is 3.14. The maximum atomic E-state index is 12.2. The first-order chi connectivity index (χ1) is 13.5. The topological polar surface area (TPSA) is 86.5 Å². The van der Waals surface area contributed by atoms with Gasteiger partial charge in [0.25, 0.3) is 5.22 Å². The average molecular weight is 399 g/mol. The molecule has 1 N–H and O–H groups in total. The quantitative estimate of drug-likeness (QED) is 0.599. The molecule has 0 saturated heterocycles. The van der Waals surface area contributed by atoms with E-state index in [1.807, 2.05) is 32.0 Å². The maximum Gasteiger partial charge on any atom is 0.277 e. The fraction of sp³-hybridized carbons (Fsp3) is 0.250. The van der Waals surface area contributed by atoms with E-state index in [0.29, 0.717) is 28.2 Å². The highest BCUT2D eigenvalue weighted by atomic mass is 32.2. The lowest BCUT2D eigenvalue weighted by Crippen LogP contribution is -2.14. The molecule has 0 spiro atoms. The lowest BCUT2D eigenvalue weighted by atomic mass is 10.1. The monoisotopic (exact) mass is 399 g/mol. The van der Waals surface area contributed by atoms with Gasteiger partial charge >= 0.3 is 0 Å². The summed E-state index contributed by atoms with van der Waals surface area (Å²) >= 11 is 1.18. The van der Waals surface area contributed by atoms with Crippen molar-refractivity contribution in [3.8, 4) is 23.0 Å². The number of nitrogens with one attached hydrogen (secondary N) is 1. The van der Waals surface area contributed by atoms with Crippen LogP contribution < -0.4 is 14.8 Å². The third-order valence-corrected chi connectivity index (χ3v) is 4.82. The molecule has 28 heavy (non-hydrogen) atoms. The predicted octanol–water partition coefficient (Wildman–Crippen LogP) is 4.10. The normalized spacial score (nSPS) is 10.6. The summed E-state index contributed by atoms with van der Waals surface area (Å²) in [5.41, 5.74) is 3.58. The van der Waals surface area contributed by atoms with E-state index < -0.39 is 0 Å². The van der Waals surface area contributed by atoms with Crippen LogP contribution in [0.3, 0.4) is 0 Å². The Hall–Kier alpha value is -3.00. The van der Waals surface area contributed by atoms with Crippen LogP contribution in [0.15, 0.2) is 46.0 Å². The van der Waals surface area contributed by atoms with Crippen molar-refractivity contribution in [3.63, 3.8) is 0 Å². The van der Waals surface area contributed by atoms with Crippen LogP contribution in [0.25, 0.3) is 11.5 Å². The molecule has 0 atom stereocenters. The number of carbonyl (C=O) groups excluding carboxylic acids is 1. The molecule has 0 aliphatic carbocycles. The molecule has 0 aliphatic heterocycles.